The van der Waals surface area contributed by atoms with Crippen molar-refractivity contribution in [2.45, 2.75) is 65.7 Å². The number of carboxylic acid groups (broad SMARTS) is 1. The van der Waals surface area contributed by atoms with Gasteiger partial charge in [0.1, 0.15) is 16.3 Å². The molecule has 0 radical (unpaired) electrons. The maximum Gasteiger partial charge on any atom is 0.433 e. The molecule has 0 amide bonds. The van der Waals surface area contributed by atoms with Crippen molar-refractivity contribution in [3.05, 3.63) is 59.0 Å². The van der Waals surface area contributed by atoms with E-state index in [4.69, 9.17) is 0 Å². The van der Waals surface area contributed by atoms with Gasteiger partial charge in [0.05, 0.1) is 10.8 Å². The summed E-state index contributed by atoms with van der Waals surface area (Å²) in [6.07, 6.45) is 2.97. The van der Waals surface area contributed by atoms with E-state index in [1.807, 2.05) is 32.1 Å². The number of benzene rings is 1. The fourth-order valence-electron chi connectivity index (χ4n) is 5.02. The van der Waals surface area contributed by atoms with E-state index in [2.05, 4.69) is 41.0 Å². The summed E-state index contributed by atoms with van der Waals surface area (Å²) in [5, 5.41) is 24.5. The summed E-state index contributed by atoms with van der Waals surface area (Å²) in [7, 11) is 0. The first-order chi connectivity index (χ1) is 18.5. The van der Waals surface area contributed by atoms with Crippen LogP contribution in [0.25, 0.3) is 16.5 Å². The lowest BCUT2D eigenvalue weighted by molar-refractivity contribution is -0.154. The van der Waals surface area contributed by atoms with Gasteiger partial charge in [-0.05, 0) is 65.5 Å². The second kappa shape index (κ2) is 10.6. The van der Waals surface area contributed by atoms with Gasteiger partial charge in [-0.2, -0.15) is 13.2 Å². The zero-order valence-corrected chi connectivity index (χ0v) is 23.8. The van der Waals surface area contributed by atoms with Crippen LogP contribution in [0.1, 0.15) is 70.1 Å². The third-order valence-electron chi connectivity index (χ3n) is 6.96. The number of hydrogen-bond acceptors (Lipinski definition) is 7. The van der Waals surface area contributed by atoms with Gasteiger partial charge in [-0.3, -0.25) is 4.79 Å². The first-order valence-corrected chi connectivity index (χ1v) is 13.7. The van der Waals surface area contributed by atoms with Gasteiger partial charge in [0, 0.05) is 18.1 Å². The summed E-state index contributed by atoms with van der Waals surface area (Å²) >= 11 is 1.31. The number of rotatable bonds is 6. The molecule has 7 nitrogen and oxygen atoms in total. The summed E-state index contributed by atoms with van der Waals surface area (Å²) in [4.78, 5) is 24.5. The Hall–Kier alpha value is -3.31. The molecule has 1 aliphatic rings. The van der Waals surface area contributed by atoms with Crippen molar-refractivity contribution >= 4 is 35.0 Å². The number of thiazole rings is 1. The van der Waals surface area contributed by atoms with Crippen LogP contribution in [0.3, 0.4) is 0 Å². The third-order valence-corrected chi connectivity index (χ3v) is 8.20. The van der Waals surface area contributed by atoms with E-state index in [1.54, 1.807) is 18.3 Å². The molecule has 3 N–H and O–H groups in total. The van der Waals surface area contributed by atoms with Gasteiger partial charge in [0.25, 0.3) is 0 Å². The zero-order chi connectivity index (χ0) is 29.5. The van der Waals surface area contributed by atoms with Gasteiger partial charge in [-0.15, -0.1) is 11.3 Å². The number of anilines is 2. The van der Waals surface area contributed by atoms with E-state index in [-0.39, 0.29) is 24.2 Å². The first kappa shape index (κ1) is 29.7. The molecule has 1 saturated carbocycles. The quantitative estimate of drug-likeness (QED) is 0.279. The van der Waals surface area contributed by atoms with Crippen LogP contribution in [-0.4, -0.2) is 31.1 Å². The normalized spacial score (nSPS) is 21.5. The Balaban J connectivity index is 1.69. The van der Waals surface area contributed by atoms with E-state index in [9.17, 15) is 28.2 Å². The molecular weight excluding hydrogens is 541 g/mol. The van der Waals surface area contributed by atoms with Crippen molar-refractivity contribution in [1.29, 1.82) is 0 Å². The molecule has 1 aromatic carbocycles. The number of alkyl halides is 3. The van der Waals surface area contributed by atoms with Crippen LogP contribution in [0.15, 0.2) is 42.7 Å². The van der Waals surface area contributed by atoms with Crippen LogP contribution in [0.5, 0.6) is 0 Å². The van der Waals surface area contributed by atoms with E-state index in [0.29, 0.717) is 17.1 Å². The SMILES string of the molecule is CC(C)(C)C=Cc1cc(Nc2nccc(C(F)(F)F)n2)cc(-c2cnc([C@]3(O)CC[C@@H](C(=O)O)C(C)(C)C3)s2)c1. The average Bonchev–Trinajstić information content (AvgIpc) is 3.32. The van der Waals surface area contributed by atoms with E-state index in [1.165, 1.54) is 11.3 Å². The van der Waals surface area contributed by atoms with Crippen molar-refractivity contribution in [3.63, 3.8) is 0 Å². The Kier molecular flexibility index (Phi) is 7.85. The van der Waals surface area contributed by atoms with Crippen LogP contribution in [-0.2, 0) is 16.6 Å². The smallest absolute Gasteiger partial charge is 0.433 e. The summed E-state index contributed by atoms with van der Waals surface area (Å²) in [6.45, 7) is 9.87. The highest BCUT2D eigenvalue weighted by molar-refractivity contribution is 7.15. The highest BCUT2D eigenvalue weighted by Gasteiger charge is 2.49. The third kappa shape index (κ3) is 6.87. The molecule has 0 spiro atoms. The number of nitrogens with zero attached hydrogens (tertiary/aromatic N) is 3. The van der Waals surface area contributed by atoms with Crippen LogP contribution >= 0.6 is 11.3 Å². The van der Waals surface area contributed by atoms with Gasteiger partial charge in [0.15, 0.2) is 0 Å². The van der Waals surface area contributed by atoms with Gasteiger partial charge in [-0.25, -0.2) is 15.0 Å². The minimum Gasteiger partial charge on any atom is -0.481 e. The standard InChI is InChI=1S/C29H33F3N4O3S/c1-26(2,3)9-6-17-12-18(14-19(13-17)35-25-33-11-8-22(36-25)29(30,31)32)21-15-34-24(40-21)28(39)10-7-20(23(37)38)27(4,5)16-28/h6,8-9,11-15,20,39H,7,10,16H2,1-5H3,(H,37,38)(H,33,35,36)/t20-,28-/m0/s1. The van der Waals surface area contributed by atoms with Crippen LogP contribution in [0.2, 0.25) is 0 Å². The Morgan fingerprint density at radius 3 is 2.52 bits per heavy atom. The predicted octanol–water partition coefficient (Wildman–Crippen LogP) is 7.52. The topological polar surface area (TPSA) is 108 Å². The largest absolute Gasteiger partial charge is 0.481 e. The average molecular weight is 575 g/mol. The molecule has 0 bridgehead atoms. The number of nitrogens with one attached hydrogen (secondary N) is 1. The molecule has 1 fully saturated rings. The maximum absolute atomic E-state index is 13.2. The van der Waals surface area contributed by atoms with E-state index in [0.717, 1.165) is 28.3 Å². The molecule has 214 valence electrons. The number of carbonyl (C=O) groups is 1. The fraction of sp³-hybridized carbons (Fsp3) is 0.448. The molecule has 0 saturated heterocycles. The van der Waals surface area contributed by atoms with Gasteiger partial charge >= 0.3 is 12.1 Å². The molecule has 2 atom stereocenters. The number of aromatic nitrogens is 3. The Morgan fingerprint density at radius 1 is 1.18 bits per heavy atom. The molecular formula is C29H33F3N4O3S. The summed E-state index contributed by atoms with van der Waals surface area (Å²) in [6, 6.07) is 6.31. The first-order valence-electron chi connectivity index (χ1n) is 12.9. The Bertz CT molecular complexity index is 1430. The Labute approximate surface area is 235 Å². The van der Waals surface area contributed by atoms with Crippen LogP contribution in [0, 0.1) is 16.7 Å². The molecule has 1 aliphatic carbocycles. The molecule has 4 rings (SSSR count). The Morgan fingerprint density at radius 2 is 1.90 bits per heavy atom. The highest BCUT2D eigenvalue weighted by Crippen LogP contribution is 2.51. The lowest BCUT2D eigenvalue weighted by atomic mass is 9.63. The maximum atomic E-state index is 13.2. The monoisotopic (exact) mass is 574 g/mol. The molecule has 2 heterocycles. The summed E-state index contributed by atoms with van der Waals surface area (Å²) in [5.41, 5.74) is -0.984. The molecule has 40 heavy (non-hydrogen) atoms. The van der Waals surface area contributed by atoms with Gasteiger partial charge in [0.2, 0.25) is 5.95 Å². The molecule has 0 unspecified atom stereocenters. The van der Waals surface area contributed by atoms with E-state index >= 15 is 0 Å². The molecule has 2 aromatic heterocycles. The van der Waals surface area contributed by atoms with Crippen LogP contribution in [0.4, 0.5) is 24.8 Å². The number of hydrogen-bond donors (Lipinski definition) is 3. The van der Waals surface area contributed by atoms with Crippen molar-refractivity contribution < 1.29 is 28.2 Å². The second-order valence-corrected chi connectivity index (χ2v) is 13.1. The number of carboxylic acids is 1. The highest BCUT2D eigenvalue weighted by atomic mass is 32.1. The molecule has 3 aromatic rings. The fourth-order valence-corrected chi connectivity index (χ4v) is 6.04. The predicted molar refractivity (Wildman–Crippen MR) is 149 cm³/mol. The van der Waals surface area contributed by atoms with E-state index < -0.39 is 34.8 Å². The van der Waals surface area contributed by atoms with Crippen molar-refractivity contribution in [2.75, 3.05) is 5.32 Å². The summed E-state index contributed by atoms with van der Waals surface area (Å²) in [5.74, 6) is -1.60. The zero-order valence-electron chi connectivity index (χ0n) is 23.0. The minimum atomic E-state index is -4.60. The van der Waals surface area contributed by atoms with Crippen LogP contribution < -0.4 is 5.32 Å². The number of halogens is 3. The van der Waals surface area contributed by atoms with Gasteiger partial charge in [-0.1, -0.05) is 46.8 Å². The lowest BCUT2D eigenvalue weighted by Gasteiger charge is -2.44. The van der Waals surface area contributed by atoms with Crippen molar-refractivity contribution in [2.24, 2.45) is 16.7 Å². The minimum absolute atomic E-state index is 0.101. The van der Waals surface area contributed by atoms with Crippen molar-refractivity contribution in [3.8, 4) is 10.4 Å². The van der Waals surface area contributed by atoms with Gasteiger partial charge < -0.3 is 15.5 Å². The second-order valence-electron chi connectivity index (χ2n) is 12.1. The molecule has 0 aliphatic heterocycles. The number of aliphatic carboxylic acids is 1. The summed E-state index contributed by atoms with van der Waals surface area (Å²) < 4.78 is 39.5. The lowest BCUT2D eigenvalue weighted by Crippen LogP contribution is -2.44. The van der Waals surface area contributed by atoms with Crippen molar-refractivity contribution in [1.82, 2.24) is 15.0 Å². The molecule has 11 heteroatoms. The number of aliphatic hydroxyl groups is 1. The number of allylic oxidation sites excluding steroid dienone is 1.